The number of piperazine rings is 1. The standard InChI is InChI=1S/C20H42N2/c1-4-6-8-10-12-14-20(13-11-9-7-5-2)19-22-17-15-21(3)16-18-22/h20H,4-19H2,1-3H3. The number of nitrogens with zero attached hydrogens (tertiary/aromatic N) is 2. The molecular weight excluding hydrogens is 268 g/mol. The van der Waals surface area contributed by atoms with Gasteiger partial charge in [0.15, 0.2) is 0 Å². The summed E-state index contributed by atoms with van der Waals surface area (Å²) in [4.78, 5) is 5.20. The van der Waals surface area contributed by atoms with Gasteiger partial charge in [-0.15, -0.1) is 0 Å². The Balaban J connectivity index is 2.23. The van der Waals surface area contributed by atoms with Crippen LogP contribution in [-0.2, 0) is 0 Å². The molecule has 0 spiro atoms. The second-order valence-corrected chi connectivity index (χ2v) is 7.52. The number of hydrogen-bond acceptors (Lipinski definition) is 2. The van der Waals surface area contributed by atoms with E-state index in [9.17, 15) is 0 Å². The fourth-order valence-corrected chi connectivity index (χ4v) is 3.62. The second kappa shape index (κ2) is 13.4. The lowest BCUT2D eigenvalue weighted by molar-refractivity contribution is 0.130. The summed E-state index contributed by atoms with van der Waals surface area (Å²) in [6.45, 7) is 11.1. The molecule has 132 valence electrons. The molecule has 0 N–H and O–H groups in total. The maximum atomic E-state index is 2.73. The van der Waals surface area contributed by atoms with Crippen LogP contribution in [0.25, 0.3) is 0 Å². The van der Waals surface area contributed by atoms with Crippen molar-refractivity contribution in [2.24, 2.45) is 5.92 Å². The van der Waals surface area contributed by atoms with Crippen LogP contribution in [0.1, 0.15) is 84.5 Å². The molecule has 1 rings (SSSR count). The van der Waals surface area contributed by atoms with E-state index in [1.54, 1.807) is 0 Å². The zero-order chi connectivity index (χ0) is 16.0. The molecule has 0 aliphatic carbocycles. The molecular formula is C20H42N2. The van der Waals surface area contributed by atoms with Crippen LogP contribution >= 0.6 is 0 Å². The molecule has 1 aliphatic rings. The lowest BCUT2D eigenvalue weighted by atomic mass is 9.93. The smallest absolute Gasteiger partial charge is 0.0110 e. The summed E-state index contributed by atoms with van der Waals surface area (Å²) in [5.41, 5.74) is 0. The average Bonchev–Trinajstić information content (AvgIpc) is 2.53. The molecule has 0 aromatic carbocycles. The third-order valence-electron chi connectivity index (χ3n) is 5.29. The minimum atomic E-state index is 0.960. The predicted octanol–water partition coefficient (Wildman–Crippen LogP) is 5.18. The predicted molar refractivity (Wildman–Crippen MR) is 99.6 cm³/mol. The van der Waals surface area contributed by atoms with E-state index in [1.165, 1.54) is 103 Å². The fourth-order valence-electron chi connectivity index (χ4n) is 3.62. The second-order valence-electron chi connectivity index (χ2n) is 7.52. The van der Waals surface area contributed by atoms with Crippen molar-refractivity contribution < 1.29 is 0 Å². The van der Waals surface area contributed by atoms with Crippen molar-refractivity contribution in [3.8, 4) is 0 Å². The van der Waals surface area contributed by atoms with Gasteiger partial charge >= 0.3 is 0 Å². The van der Waals surface area contributed by atoms with Gasteiger partial charge in [0, 0.05) is 32.7 Å². The lowest BCUT2D eigenvalue weighted by Crippen LogP contribution is -2.46. The molecule has 1 saturated heterocycles. The summed E-state index contributed by atoms with van der Waals surface area (Å²) in [7, 11) is 2.26. The van der Waals surface area contributed by atoms with Crippen LogP contribution in [0.4, 0.5) is 0 Å². The van der Waals surface area contributed by atoms with Crippen LogP contribution in [0, 0.1) is 5.92 Å². The molecule has 0 aromatic rings. The first-order chi connectivity index (χ1) is 10.8. The molecule has 1 atom stereocenters. The monoisotopic (exact) mass is 310 g/mol. The topological polar surface area (TPSA) is 6.48 Å². The maximum absolute atomic E-state index is 2.73. The summed E-state index contributed by atoms with van der Waals surface area (Å²) in [6, 6.07) is 0. The highest BCUT2D eigenvalue weighted by Crippen LogP contribution is 2.20. The van der Waals surface area contributed by atoms with E-state index in [2.05, 4.69) is 30.7 Å². The van der Waals surface area contributed by atoms with Crippen LogP contribution in [0.5, 0.6) is 0 Å². The van der Waals surface area contributed by atoms with Gasteiger partial charge in [-0.3, -0.25) is 0 Å². The number of likely N-dealkylation sites (N-methyl/N-ethyl adjacent to an activating group) is 1. The van der Waals surface area contributed by atoms with Gasteiger partial charge in [0.1, 0.15) is 0 Å². The third kappa shape index (κ3) is 9.84. The highest BCUT2D eigenvalue weighted by molar-refractivity contribution is 4.73. The number of rotatable bonds is 13. The van der Waals surface area contributed by atoms with E-state index < -0.39 is 0 Å². The van der Waals surface area contributed by atoms with E-state index in [4.69, 9.17) is 0 Å². The van der Waals surface area contributed by atoms with Gasteiger partial charge < -0.3 is 9.80 Å². The van der Waals surface area contributed by atoms with Crippen LogP contribution < -0.4 is 0 Å². The summed E-state index contributed by atoms with van der Waals surface area (Å²) >= 11 is 0. The Hall–Kier alpha value is -0.0800. The van der Waals surface area contributed by atoms with Crippen LogP contribution in [0.2, 0.25) is 0 Å². The number of hydrogen-bond donors (Lipinski definition) is 0. The van der Waals surface area contributed by atoms with Crippen molar-refractivity contribution in [1.29, 1.82) is 0 Å². The van der Waals surface area contributed by atoms with Crippen molar-refractivity contribution >= 4 is 0 Å². The molecule has 1 aliphatic heterocycles. The highest BCUT2D eigenvalue weighted by atomic mass is 15.2. The molecule has 1 heterocycles. The van der Waals surface area contributed by atoms with E-state index in [0.29, 0.717) is 0 Å². The van der Waals surface area contributed by atoms with Crippen molar-refractivity contribution in [1.82, 2.24) is 9.80 Å². The summed E-state index contributed by atoms with van der Waals surface area (Å²) in [6.07, 6.45) is 15.8. The van der Waals surface area contributed by atoms with Gasteiger partial charge in [-0.25, -0.2) is 0 Å². The summed E-state index contributed by atoms with van der Waals surface area (Å²) < 4.78 is 0. The fraction of sp³-hybridized carbons (Fsp3) is 1.00. The first-order valence-electron chi connectivity index (χ1n) is 10.2. The van der Waals surface area contributed by atoms with Gasteiger partial charge in [-0.2, -0.15) is 0 Å². The van der Waals surface area contributed by atoms with Crippen molar-refractivity contribution in [3.63, 3.8) is 0 Å². The van der Waals surface area contributed by atoms with Gasteiger partial charge in [-0.05, 0) is 25.8 Å². The normalized spacial score (nSPS) is 18.7. The Labute approximate surface area is 140 Å². The van der Waals surface area contributed by atoms with Crippen molar-refractivity contribution in [2.75, 3.05) is 39.8 Å². The molecule has 2 nitrogen and oxygen atoms in total. The third-order valence-corrected chi connectivity index (χ3v) is 5.29. The SMILES string of the molecule is CCCCCCCC(CCCCCC)CN1CCN(C)CC1. The van der Waals surface area contributed by atoms with Crippen molar-refractivity contribution in [3.05, 3.63) is 0 Å². The largest absolute Gasteiger partial charge is 0.304 e. The Bertz CT molecular complexity index is 234. The first-order valence-corrected chi connectivity index (χ1v) is 10.2. The lowest BCUT2D eigenvalue weighted by Gasteiger charge is -2.34. The van der Waals surface area contributed by atoms with E-state index in [1.807, 2.05) is 0 Å². The number of unbranched alkanes of at least 4 members (excludes halogenated alkanes) is 7. The Morgan fingerprint density at radius 1 is 0.682 bits per heavy atom. The minimum absolute atomic E-state index is 0.960. The van der Waals surface area contributed by atoms with Crippen molar-refractivity contribution in [2.45, 2.75) is 84.5 Å². The van der Waals surface area contributed by atoms with Crippen LogP contribution in [0.15, 0.2) is 0 Å². The molecule has 22 heavy (non-hydrogen) atoms. The average molecular weight is 311 g/mol. The summed E-state index contributed by atoms with van der Waals surface area (Å²) in [5.74, 6) is 0.960. The molecule has 1 unspecified atom stereocenters. The van der Waals surface area contributed by atoms with Crippen LogP contribution in [-0.4, -0.2) is 49.6 Å². The Morgan fingerprint density at radius 2 is 1.18 bits per heavy atom. The molecule has 0 saturated carbocycles. The highest BCUT2D eigenvalue weighted by Gasteiger charge is 2.18. The zero-order valence-corrected chi connectivity index (χ0v) is 15.8. The zero-order valence-electron chi connectivity index (χ0n) is 15.8. The molecule has 1 fully saturated rings. The molecule has 0 radical (unpaired) electrons. The maximum Gasteiger partial charge on any atom is 0.0110 e. The van der Waals surface area contributed by atoms with Crippen LogP contribution in [0.3, 0.4) is 0 Å². The quantitative estimate of drug-likeness (QED) is 0.432. The minimum Gasteiger partial charge on any atom is -0.304 e. The molecule has 0 bridgehead atoms. The van der Waals surface area contributed by atoms with E-state index in [0.717, 1.165) is 5.92 Å². The summed E-state index contributed by atoms with van der Waals surface area (Å²) in [5, 5.41) is 0. The molecule has 2 heteroatoms. The van der Waals surface area contributed by atoms with Gasteiger partial charge in [0.05, 0.1) is 0 Å². The Morgan fingerprint density at radius 3 is 1.73 bits per heavy atom. The van der Waals surface area contributed by atoms with Gasteiger partial charge in [0.25, 0.3) is 0 Å². The first kappa shape index (κ1) is 20.0. The van der Waals surface area contributed by atoms with Gasteiger partial charge in [0.2, 0.25) is 0 Å². The molecule has 0 amide bonds. The van der Waals surface area contributed by atoms with Gasteiger partial charge in [-0.1, -0.05) is 71.6 Å². The van der Waals surface area contributed by atoms with E-state index >= 15 is 0 Å². The molecule has 0 aromatic heterocycles. The Kier molecular flexibility index (Phi) is 12.1. The van der Waals surface area contributed by atoms with E-state index in [-0.39, 0.29) is 0 Å².